The standard InChI is InChI=1S/C20H21NO3/c1-12-9-13(2)19-15(11-24-20(19)14(12)3)10-18(22)21-16-7-5-6-8-17(16)23-4/h5-9,11H,10H2,1-4H3,(H,21,22). The predicted molar refractivity (Wildman–Crippen MR) is 95.8 cm³/mol. The van der Waals surface area contributed by atoms with Gasteiger partial charge in [-0.1, -0.05) is 18.2 Å². The molecule has 4 nitrogen and oxygen atoms in total. The molecule has 0 spiro atoms. The third-order valence-electron chi connectivity index (χ3n) is 4.36. The minimum absolute atomic E-state index is 0.0974. The van der Waals surface area contributed by atoms with Gasteiger partial charge in [-0.15, -0.1) is 0 Å². The lowest BCUT2D eigenvalue weighted by Crippen LogP contribution is -2.14. The van der Waals surface area contributed by atoms with E-state index in [1.54, 1.807) is 13.4 Å². The van der Waals surface area contributed by atoms with Gasteiger partial charge in [0.25, 0.3) is 0 Å². The fraction of sp³-hybridized carbons (Fsp3) is 0.250. The van der Waals surface area contributed by atoms with E-state index >= 15 is 0 Å². The fourth-order valence-electron chi connectivity index (χ4n) is 3.03. The van der Waals surface area contributed by atoms with Gasteiger partial charge >= 0.3 is 0 Å². The van der Waals surface area contributed by atoms with Crippen molar-refractivity contribution in [3.63, 3.8) is 0 Å². The number of ether oxygens (including phenoxy) is 1. The molecule has 1 amide bonds. The minimum atomic E-state index is -0.0974. The molecule has 0 atom stereocenters. The lowest BCUT2D eigenvalue weighted by Gasteiger charge is -2.10. The number of carbonyl (C=O) groups is 1. The van der Waals surface area contributed by atoms with Crippen molar-refractivity contribution >= 4 is 22.6 Å². The average Bonchev–Trinajstić information content (AvgIpc) is 2.97. The van der Waals surface area contributed by atoms with Crippen molar-refractivity contribution in [1.29, 1.82) is 0 Å². The first-order chi connectivity index (χ1) is 11.5. The lowest BCUT2D eigenvalue weighted by molar-refractivity contribution is -0.115. The molecule has 24 heavy (non-hydrogen) atoms. The van der Waals surface area contributed by atoms with Crippen molar-refractivity contribution in [3.8, 4) is 5.75 Å². The highest BCUT2D eigenvalue weighted by Crippen LogP contribution is 2.30. The van der Waals surface area contributed by atoms with Crippen LogP contribution in [-0.2, 0) is 11.2 Å². The van der Waals surface area contributed by atoms with E-state index in [4.69, 9.17) is 9.15 Å². The number of anilines is 1. The molecule has 0 aliphatic heterocycles. The summed E-state index contributed by atoms with van der Waals surface area (Å²) in [6.07, 6.45) is 1.94. The number of fused-ring (bicyclic) bond motifs is 1. The molecule has 1 heterocycles. The Labute approximate surface area is 141 Å². The zero-order valence-electron chi connectivity index (χ0n) is 14.4. The SMILES string of the molecule is COc1ccccc1NC(=O)Cc1coc2c(C)c(C)cc(C)c12. The molecule has 3 aromatic rings. The van der Waals surface area contributed by atoms with Gasteiger partial charge in [0.15, 0.2) is 0 Å². The van der Waals surface area contributed by atoms with Crippen LogP contribution in [0, 0.1) is 20.8 Å². The molecule has 3 rings (SSSR count). The Hall–Kier alpha value is -2.75. The number of methoxy groups -OCH3 is 1. The van der Waals surface area contributed by atoms with Gasteiger partial charge in [-0.05, 0) is 49.6 Å². The highest BCUT2D eigenvalue weighted by atomic mass is 16.5. The van der Waals surface area contributed by atoms with Crippen molar-refractivity contribution in [2.24, 2.45) is 0 Å². The molecule has 0 bridgehead atoms. The Bertz CT molecular complexity index is 909. The summed E-state index contributed by atoms with van der Waals surface area (Å²) in [7, 11) is 1.59. The molecule has 0 fully saturated rings. The third kappa shape index (κ3) is 2.87. The first-order valence-corrected chi connectivity index (χ1v) is 7.91. The number of furan rings is 1. The van der Waals surface area contributed by atoms with E-state index in [0.717, 1.165) is 27.7 Å². The van der Waals surface area contributed by atoms with Gasteiger partial charge < -0.3 is 14.5 Å². The average molecular weight is 323 g/mol. The predicted octanol–water partition coefficient (Wildman–Crippen LogP) is 4.55. The van der Waals surface area contributed by atoms with Crippen LogP contribution >= 0.6 is 0 Å². The van der Waals surface area contributed by atoms with E-state index in [1.165, 1.54) is 5.56 Å². The fourth-order valence-corrected chi connectivity index (χ4v) is 3.03. The van der Waals surface area contributed by atoms with Gasteiger partial charge in [-0.3, -0.25) is 4.79 Å². The lowest BCUT2D eigenvalue weighted by atomic mass is 9.99. The highest BCUT2D eigenvalue weighted by Gasteiger charge is 2.16. The Morgan fingerprint density at radius 3 is 2.67 bits per heavy atom. The first-order valence-electron chi connectivity index (χ1n) is 7.91. The zero-order valence-corrected chi connectivity index (χ0v) is 14.4. The van der Waals surface area contributed by atoms with Crippen molar-refractivity contribution < 1.29 is 13.9 Å². The van der Waals surface area contributed by atoms with Gasteiger partial charge in [-0.25, -0.2) is 0 Å². The molecule has 1 N–H and O–H groups in total. The molecule has 4 heteroatoms. The first kappa shape index (κ1) is 16.1. The maximum absolute atomic E-state index is 12.4. The van der Waals surface area contributed by atoms with Crippen molar-refractivity contribution in [2.75, 3.05) is 12.4 Å². The second-order valence-corrected chi connectivity index (χ2v) is 6.03. The van der Waals surface area contributed by atoms with Crippen molar-refractivity contribution in [3.05, 3.63) is 58.8 Å². The number of hydrogen-bond donors (Lipinski definition) is 1. The van der Waals surface area contributed by atoms with Gasteiger partial charge in [-0.2, -0.15) is 0 Å². The summed E-state index contributed by atoms with van der Waals surface area (Å²) in [5.41, 5.74) is 5.88. The maximum Gasteiger partial charge on any atom is 0.229 e. The Balaban J connectivity index is 1.88. The summed E-state index contributed by atoms with van der Waals surface area (Å²) in [5, 5.41) is 3.94. The number of aryl methyl sites for hydroxylation is 3. The number of carbonyl (C=O) groups excluding carboxylic acids is 1. The van der Waals surface area contributed by atoms with Crippen LogP contribution in [-0.4, -0.2) is 13.0 Å². The van der Waals surface area contributed by atoms with E-state index < -0.39 is 0 Å². The van der Waals surface area contributed by atoms with Crippen LogP contribution in [0.25, 0.3) is 11.0 Å². The molecule has 0 radical (unpaired) electrons. The summed E-state index contributed by atoms with van der Waals surface area (Å²) >= 11 is 0. The van der Waals surface area contributed by atoms with E-state index in [-0.39, 0.29) is 12.3 Å². The molecule has 0 saturated carbocycles. The zero-order chi connectivity index (χ0) is 17.3. The van der Waals surface area contributed by atoms with Crippen LogP contribution in [0.1, 0.15) is 22.3 Å². The minimum Gasteiger partial charge on any atom is -0.495 e. The number of rotatable bonds is 4. The van der Waals surface area contributed by atoms with Crippen LogP contribution in [0.4, 0.5) is 5.69 Å². The third-order valence-corrected chi connectivity index (χ3v) is 4.36. The molecule has 0 saturated heterocycles. The molecule has 0 aliphatic carbocycles. The highest BCUT2D eigenvalue weighted by molar-refractivity contribution is 5.97. The molecule has 0 aliphatic rings. The van der Waals surface area contributed by atoms with Crippen LogP contribution in [0.5, 0.6) is 5.75 Å². The molecule has 0 unspecified atom stereocenters. The summed E-state index contributed by atoms with van der Waals surface area (Å²) in [4.78, 5) is 12.4. The van der Waals surface area contributed by atoms with Crippen molar-refractivity contribution in [2.45, 2.75) is 27.2 Å². The van der Waals surface area contributed by atoms with Crippen molar-refractivity contribution in [1.82, 2.24) is 0 Å². The Morgan fingerprint density at radius 1 is 1.17 bits per heavy atom. The van der Waals surface area contributed by atoms with Crippen LogP contribution in [0.3, 0.4) is 0 Å². The largest absolute Gasteiger partial charge is 0.495 e. The van der Waals surface area contributed by atoms with E-state index in [0.29, 0.717) is 11.4 Å². The number of para-hydroxylation sites is 2. The van der Waals surface area contributed by atoms with Crippen LogP contribution < -0.4 is 10.1 Å². The number of benzene rings is 2. The van der Waals surface area contributed by atoms with Gasteiger partial charge in [0.1, 0.15) is 11.3 Å². The van der Waals surface area contributed by atoms with E-state index in [1.807, 2.05) is 38.1 Å². The summed E-state index contributed by atoms with van der Waals surface area (Å²) in [6, 6.07) is 9.51. The van der Waals surface area contributed by atoms with Gasteiger partial charge in [0.2, 0.25) is 5.91 Å². The van der Waals surface area contributed by atoms with E-state index in [2.05, 4.69) is 18.3 Å². The molecule has 1 aromatic heterocycles. The molecule has 2 aromatic carbocycles. The summed E-state index contributed by atoms with van der Waals surface area (Å²) in [5.74, 6) is 0.547. The summed E-state index contributed by atoms with van der Waals surface area (Å²) in [6.45, 7) is 6.16. The quantitative estimate of drug-likeness (QED) is 0.766. The maximum atomic E-state index is 12.4. The van der Waals surface area contributed by atoms with Gasteiger partial charge in [0, 0.05) is 10.9 Å². The van der Waals surface area contributed by atoms with Crippen LogP contribution in [0.2, 0.25) is 0 Å². The number of hydrogen-bond acceptors (Lipinski definition) is 3. The normalized spacial score (nSPS) is 10.8. The smallest absolute Gasteiger partial charge is 0.229 e. The number of nitrogens with one attached hydrogen (secondary N) is 1. The molecular weight excluding hydrogens is 302 g/mol. The Morgan fingerprint density at radius 2 is 1.92 bits per heavy atom. The monoisotopic (exact) mass is 323 g/mol. The second kappa shape index (κ2) is 6.40. The second-order valence-electron chi connectivity index (χ2n) is 6.03. The van der Waals surface area contributed by atoms with Gasteiger partial charge in [0.05, 0.1) is 25.5 Å². The Kier molecular flexibility index (Phi) is 4.30. The topological polar surface area (TPSA) is 51.5 Å². The van der Waals surface area contributed by atoms with E-state index in [9.17, 15) is 4.79 Å². The molecule has 124 valence electrons. The van der Waals surface area contributed by atoms with Crippen LogP contribution in [0.15, 0.2) is 41.0 Å². The summed E-state index contributed by atoms with van der Waals surface area (Å²) < 4.78 is 11.0. The molecular formula is C20H21NO3. The number of amides is 1.